The van der Waals surface area contributed by atoms with Crippen LogP contribution < -0.4 is 21.4 Å². The van der Waals surface area contributed by atoms with Crippen molar-refractivity contribution in [3.63, 3.8) is 0 Å². The Hall–Kier alpha value is -5.40. The van der Waals surface area contributed by atoms with E-state index in [1.165, 1.54) is 28.9 Å². The summed E-state index contributed by atoms with van der Waals surface area (Å²) in [6.45, 7) is 3.40. The summed E-state index contributed by atoms with van der Waals surface area (Å²) in [6.07, 6.45) is 0. The van der Waals surface area contributed by atoms with Gasteiger partial charge in [0, 0.05) is 12.7 Å². The van der Waals surface area contributed by atoms with Crippen LogP contribution in [-0.2, 0) is 21.9 Å². The highest BCUT2D eigenvalue weighted by Crippen LogP contribution is 2.28. The van der Waals surface area contributed by atoms with E-state index < -0.39 is 21.6 Å². The van der Waals surface area contributed by atoms with Gasteiger partial charge in [-0.15, -0.1) is 10.2 Å². The maximum absolute atomic E-state index is 13.1. The number of anilines is 2. The van der Waals surface area contributed by atoms with Gasteiger partial charge in [0.05, 0.1) is 22.0 Å². The molecule has 1 amide bonds. The molecule has 5 N–H and O–H groups in total. The monoisotopic (exact) mass is 561 g/mol. The van der Waals surface area contributed by atoms with Crippen LogP contribution in [0.5, 0.6) is 0 Å². The van der Waals surface area contributed by atoms with Crippen LogP contribution in [0.15, 0.2) is 79.6 Å². The van der Waals surface area contributed by atoms with Crippen molar-refractivity contribution in [1.82, 2.24) is 19.6 Å². The first-order valence-corrected chi connectivity index (χ1v) is 13.0. The molecule has 0 aliphatic rings. The van der Waals surface area contributed by atoms with Gasteiger partial charge in [0.1, 0.15) is 6.07 Å². The fraction of sp³-hybridized carbons (Fsp3) is 0.125. The maximum Gasteiger partial charge on any atom is 0.299 e. The van der Waals surface area contributed by atoms with Gasteiger partial charge < -0.3 is 5.32 Å². The largest absolute Gasteiger partial charge is 0.320 e. The van der Waals surface area contributed by atoms with Crippen molar-refractivity contribution in [1.29, 1.82) is 5.26 Å². The number of hydrazone groups is 1. The molecule has 0 unspecified atom stereocenters. The van der Waals surface area contributed by atoms with Crippen LogP contribution in [-0.4, -0.2) is 39.6 Å². The number of aryl methyl sites for hydroxylation is 1. The average Bonchev–Trinajstić information content (AvgIpc) is 3.38. The number of nitrogens with zero attached hydrogens (tertiary/aromatic N) is 7. The Labute approximate surface area is 227 Å². The fourth-order valence-electron chi connectivity index (χ4n) is 3.55. The number of nitrogens with two attached hydrogens (primary N) is 1. The second-order valence-corrected chi connectivity index (χ2v) is 9.92. The van der Waals surface area contributed by atoms with Gasteiger partial charge in [0.15, 0.2) is 17.2 Å². The molecule has 4 rings (SSSR count). The van der Waals surface area contributed by atoms with Crippen LogP contribution in [0.1, 0.15) is 11.4 Å². The highest BCUT2D eigenvalue weighted by Gasteiger charge is 2.18. The van der Waals surface area contributed by atoms with Gasteiger partial charge in [-0.2, -0.15) is 15.5 Å². The molecule has 0 fully saturated rings. The number of nitrogens with one attached hydrogen (secondary N) is 3. The zero-order valence-electron chi connectivity index (χ0n) is 21.4. The van der Waals surface area contributed by atoms with Crippen molar-refractivity contribution in [2.75, 3.05) is 10.7 Å². The Bertz CT molecular complexity index is 1840. The lowest BCUT2D eigenvalue weighted by Crippen LogP contribution is -2.22. The number of amides is 1. The van der Waals surface area contributed by atoms with E-state index in [-0.39, 0.29) is 33.3 Å². The number of H-pyrrole nitrogens is 1. The normalized spacial score (nSPS) is 11.9. The van der Waals surface area contributed by atoms with Gasteiger partial charge in [-0.3, -0.25) is 24.8 Å². The highest BCUT2D eigenvalue weighted by atomic mass is 32.2. The van der Waals surface area contributed by atoms with E-state index in [0.29, 0.717) is 17.1 Å². The molecule has 15 nitrogen and oxygen atoms in total. The summed E-state index contributed by atoms with van der Waals surface area (Å²) in [6, 6.07) is 15.8. The SMILES string of the molecule is Cc1[nH]nc(N/N=C(\C#N)C(=O)Nc2ccc(S(N)(=O)=O)cc2)c1N=Nc1c(C)n(C)n(-c2ccccc2)c1=O. The summed E-state index contributed by atoms with van der Waals surface area (Å²) in [5.74, 6) is -0.813. The Kier molecular flexibility index (Phi) is 7.70. The quantitative estimate of drug-likeness (QED) is 0.143. The third-order valence-corrected chi connectivity index (χ3v) is 6.65. The summed E-state index contributed by atoms with van der Waals surface area (Å²) in [5, 5.41) is 35.8. The number of rotatable bonds is 8. The van der Waals surface area contributed by atoms with Gasteiger partial charge in [0.2, 0.25) is 15.7 Å². The standard InChI is InChI=1S/C24H23N11O4S/c1-14-20(30-31-21-15(2)34(3)35(24(21)37)17-7-5-4-6-8-17)22(32-28-14)33-29-19(13-25)23(36)27-16-9-11-18(12-10-16)40(26,38)39/h4-12H,1-3H3,(H,27,36)(H2,26,38,39)(H2,28,32,33)/b29-19+,31-30?. The zero-order valence-corrected chi connectivity index (χ0v) is 22.3. The molecule has 2 aromatic carbocycles. The number of hydrogen-bond donors (Lipinski definition) is 4. The predicted octanol–water partition coefficient (Wildman–Crippen LogP) is 2.51. The lowest BCUT2D eigenvalue weighted by atomic mass is 10.3. The van der Waals surface area contributed by atoms with Gasteiger partial charge >= 0.3 is 0 Å². The number of hydrogen-bond acceptors (Lipinski definition) is 10. The number of benzene rings is 2. The smallest absolute Gasteiger partial charge is 0.299 e. The first-order chi connectivity index (χ1) is 19.0. The van der Waals surface area contributed by atoms with Crippen molar-refractivity contribution in [2.24, 2.45) is 27.5 Å². The predicted molar refractivity (Wildman–Crippen MR) is 146 cm³/mol. The third kappa shape index (κ3) is 5.70. The molecule has 2 heterocycles. The third-order valence-electron chi connectivity index (χ3n) is 5.72. The second-order valence-electron chi connectivity index (χ2n) is 8.36. The first-order valence-electron chi connectivity index (χ1n) is 11.5. The van der Waals surface area contributed by atoms with Crippen molar-refractivity contribution in [3.05, 3.63) is 76.3 Å². The number of primary sulfonamides is 1. The number of aromatic amines is 1. The van der Waals surface area contributed by atoms with Crippen LogP contribution in [0.25, 0.3) is 5.69 Å². The molecule has 0 aliphatic heterocycles. The fourth-order valence-corrected chi connectivity index (χ4v) is 4.06. The summed E-state index contributed by atoms with van der Waals surface area (Å²) >= 11 is 0. The van der Waals surface area contributed by atoms with Gasteiger partial charge in [-0.1, -0.05) is 18.2 Å². The number of carbonyl (C=O) groups excluding carboxylic acids is 1. The van der Waals surface area contributed by atoms with Crippen molar-refractivity contribution in [3.8, 4) is 11.8 Å². The molecular weight excluding hydrogens is 538 g/mol. The lowest BCUT2D eigenvalue weighted by Gasteiger charge is -2.07. The highest BCUT2D eigenvalue weighted by molar-refractivity contribution is 7.89. The number of aromatic nitrogens is 4. The Morgan fingerprint density at radius 1 is 1.07 bits per heavy atom. The molecule has 0 saturated heterocycles. The molecule has 2 aromatic heterocycles. The van der Waals surface area contributed by atoms with E-state index in [2.05, 4.69) is 36.3 Å². The van der Waals surface area contributed by atoms with E-state index in [1.54, 1.807) is 43.8 Å². The van der Waals surface area contributed by atoms with Gasteiger partial charge in [-0.25, -0.2) is 18.2 Å². The average molecular weight is 562 g/mol. The van der Waals surface area contributed by atoms with E-state index >= 15 is 0 Å². The van der Waals surface area contributed by atoms with Crippen molar-refractivity contribution in [2.45, 2.75) is 18.7 Å². The molecule has 0 atom stereocenters. The second kappa shape index (κ2) is 11.1. The van der Waals surface area contributed by atoms with Crippen LogP contribution in [0.4, 0.5) is 22.9 Å². The molecule has 0 saturated carbocycles. The number of carbonyl (C=O) groups is 1. The lowest BCUT2D eigenvalue weighted by molar-refractivity contribution is -0.110. The van der Waals surface area contributed by atoms with E-state index in [9.17, 15) is 23.3 Å². The Balaban J connectivity index is 1.55. The molecule has 40 heavy (non-hydrogen) atoms. The summed E-state index contributed by atoms with van der Waals surface area (Å²) in [5.41, 5.74) is 3.85. The van der Waals surface area contributed by atoms with Crippen LogP contribution in [0.2, 0.25) is 0 Å². The maximum atomic E-state index is 13.1. The minimum absolute atomic E-state index is 0.0521. The molecule has 204 valence electrons. The topological polar surface area (TPSA) is 218 Å². The zero-order chi connectivity index (χ0) is 29.0. The number of nitriles is 1. The number of azo groups is 1. The minimum atomic E-state index is -3.90. The van der Waals surface area contributed by atoms with Crippen molar-refractivity contribution >= 4 is 44.5 Å². The molecule has 0 aliphatic carbocycles. The molecule has 4 aromatic rings. The minimum Gasteiger partial charge on any atom is -0.320 e. The summed E-state index contributed by atoms with van der Waals surface area (Å²) in [4.78, 5) is 25.5. The van der Waals surface area contributed by atoms with Crippen LogP contribution in [0.3, 0.4) is 0 Å². The number of para-hydroxylation sites is 1. The number of sulfonamides is 1. The first kappa shape index (κ1) is 27.6. The molecule has 16 heteroatoms. The van der Waals surface area contributed by atoms with Gasteiger partial charge in [0.25, 0.3) is 11.5 Å². The molecule has 0 radical (unpaired) electrons. The molecule has 0 bridgehead atoms. The Morgan fingerprint density at radius 3 is 2.35 bits per heavy atom. The van der Waals surface area contributed by atoms with E-state index in [0.717, 1.165) is 0 Å². The Morgan fingerprint density at radius 2 is 1.73 bits per heavy atom. The van der Waals surface area contributed by atoms with Crippen LogP contribution in [0, 0.1) is 25.2 Å². The van der Waals surface area contributed by atoms with Gasteiger partial charge in [-0.05, 0) is 50.2 Å². The summed E-state index contributed by atoms with van der Waals surface area (Å²) in [7, 11) is -2.16. The van der Waals surface area contributed by atoms with E-state index in [1.807, 2.05) is 18.2 Å². The molecular formula is C24H23N11O4S. The summed E-state index contributed by atoms with van der Waals surface area (Å²) < 4.78 is 25.9. The van der Waals surface area contributed by atoms with E-state index in [4.69, 9.17) is 5.14 Å². The van der Waals surface area contributed by atoms with Crippen LogP contribution >= 0.6 is 0 Å². The van der Waals surface area contributed by atoms with Crippen molar-refractivity contribution < 1.29 is 13.2 Å². The molecule has 0 spiro atoms.